The lowest BCUT2D eigenvalue weighted by atomic mass is 10.5. The van der Waals surface area contributed by atoms with Crippen LogP contribution in [0.2, 0.25) is 0 Å². The van der Waals surface area contributed by atoms with E-state index >= 15 is 0 Å². The molecule has 0 amide bonds. The lowest BCUT2D eigenvalue weighted by molar-refractivity contribution is 0.0593. The van der Waals surface area contributed by atoms with Crippen LogP contribution in [0, 0.1) is 0 Å². The van der Waals surface area contributed by atoms with E-state index in [-0.39, 0.29) is 12.3 Å². The predicted molar refractivity (Wildman–Crippen MR) is 59.3 cm³/mol. The van der Waals surface area contributed by atoms with Crippen LogP contribution in [0.4, 0.5) is 0 Å². The van der Waals surface area contributed by atoms with Crippen molar-refractivity contribution in [2.45, 2.75) is 6.61 Å². The van der Waals surface area contributed by atoms with E-state index in [9.17, 15) is 4.79 Å². The zero-order valence-electron chi connectivity index (χ0n) is 10.3. The number of aryl methyl sites for hydroxylation is 2. The van der Waals surface area contributed by atoms with Crippen LogP contribution in [0.15, 0.2) is 12.4 Å². The highest BCUT2D eigenvalue weighted by Crippen LogP contribution is 1.91. The average Bonchev–Trinajstić information content (AvgIpc) is 2.97. The molecule has 0 saturated heterocycles. The number of carbonyl (C=O) groups excluding carboxylic acids is 1. The van der Waals surface area contributed by atoms with Crippen LogP contribution in [0.25, 0.3) is 0 Å². The minimum absolute atomic E-state index is 0.0339. The fourth-order valence-electron chi connectivity index (χ4n) is 1.00. The largest absolute Gasteiger partial charge is 0.464 e. The molecule has 98 valence electrons. The summed E-state index contributed by atoms with van der Waals surface area (Å²) in [6, 6.07) is 0. The van der Waals surface area contributed by atoms with E-state index in [1.54, 1.807) is 14.1 Å². The lowest BCUT2D eigenvalue weighted by Gasteiger charge is -1.89. The topological polar surface area (TPSA) is 108 Å². The molecule has 0 aromatic carbocycles. The van der Waals surface area contributed by atoms with E-state index < -0.39 is 5.97 Å². The van der Waals surface area contributed by atoms with Gasteiger partial charge in [0.25, 0.3) is 0 Å². The quantitative estimate of drug-likeness (QED) is 0.678. The van der Waals surface area contributed by atoms with Crippen molar-refractivity contribution in [2.75, 3.05) is 7.11 Å². The first kappa shape index (κ1) is 13.8. The van der Waals surface area contributed by atoms with Crippen molar-refractivity contribution in [3.63, 3.8) is 0 Å². The minimum atomic E-state index is -0.465. The zero-order valence-corrected chi connectivity index (χ0v) is 10.3. The van der Waals surface area contributed by atoms with Gasteiger partial charge in [0.2, 0.25) is 0 Å². The SMILES string of the molecule is COC(=O)c1cnn(C)n1.Cn1ncc(CO)n1. The monoisotopic (exact) mass is 254 g/mol. The van der Waals surface area contributed by atoms with Crippen LogP contribution >= 0.6 is 0 Å². The second-order valence-corrected chi connectivity index (χ2v) is 3.19. The number of hydrogen-bond donors (Lipinski definition) is 1. The standard InChI is InChI=1S/C5H7N3O2.C4H7N3O/c1-8-6-3-4(7-8)5(9)10-2;1-7-5-2-4(3-8)6-7/h3H,1-2H3;2,8H,3H2,1H3. The van der Waals surface area contributed by atoms with Gasteiger partial charge in [-0.25, -0.2) is 4.79 Å². The van der Waals surface area contributed by atoms with Crippen LogP contribution in [-0.2, 0) is 25.4 Å². The maximum atomic E-state index is 10.7. The summed E-state index contributed by atoms with van der Waals surface area (Å²) in [5, 5.41) is 23.4. The van der Waals surface area contributed by atoms with Crippen molar-refractivity contribution < 1.29 is 14.6 Å². The summed E-state index contributed by atoms with van der Waals surface area (Å²) in [7, 11) is 4.64. The van der Waals surface area contributed by atoms with E-state index in [1.165, 1.54) is 29.1 Å². The van der Waals surface area contributed by atoms with Gasteiger partial charge >= 0.3 is 5.97 Å². The molecule has 0 aliphatic carbocycles. The number of methoxy groups -OCH3 is 1. The summed E-state index contributed by atoms with van der Waals surface area (Å²) < 4.78 is 4.39. The van der Waals surface area contributed by atoms with Crippen molar-refractivity contribution in [1.29, 1.82) is 0 Å². The number of aliphatic hydroxyl groups is 1. The molecule has 2 heterocycles. The van der Waals surface area contributed by atoms with Crippen molar-refractivity contribution in [3.8, 4) is 0 Å². The third kappa shape index (κ3) is 3.94. The van der Waals surface area contributed by atoms with Crippen LogP contribution in [0.5, 0.6) is 0 Å². The van der Waals surface area contributed by atoms with Crippen LogP contribution < -0.4 is 0 Å². The Morgan fingerprint density at radius 2 is 1.89 bits per heavy atom. The van der Waals surface area contributed by atoms with Gasteiger partial charge in [-0.1, -0.05) is 0 Å². The molecule has 0 aliphatic heterocycles. The van der Waals surface area contributed by atoms with Gasteiger partial charge in [0.05, 0.1) is 26.1 Å². The molecule has 0 saturated carbocycles. The van der Waals surface area contributed by atoms with E-state index in [0.29, 0.717) is 5.69 Å². The summed E-state index contributed by atoms with van der Waals surface area (Å²) in [6.45, 7) is -0.0339. The number of rotatable bonds is 2. The predicted octanol–water partition coefficient (Wildman–Crippen LogP) is -1.09. The molecular weight excluding hydrogens is 240 g/mol. The molecule has 0 fully saturated rings. The third-order valence-electron chi connectivity index (χ3n) is 1.80. The van der Waals surface area contributed by atoms with E-state index in [2.05, 4.69) is 25.1 Å². The van der Waals surface area contributed by atoms with Crippen molar-refractivity contribution in [1.82, 2.24) is 30.0 Å². The van der Waals surface area contributed by atoms with E-state index in [0.717, 1.165) is 0 Å². The average molecular weight is 254 g/mol. The smallest absolute Gasteiger partial charge is 0.360 e. The molecule has 0 unspecified atom stereocenters. The van der Waals surface area contributed by atoms with Crippen LogP contribution in [0.3, 0.4) is 0 Å². The number of nitrogens with zero attached hydrogens (tertiary/aromatic N) is 6. The Labute approximate surface area is 103 Å². The van der Waals surface area contributed by atoms with Crippen molar-refractivity contribution >= 4 is 5.97 Å². The molecule has 9 nitrogen and oxygen atoms in total. The van der Waals surface area contributed by atoms with E-state index in [4.69, 9.17) is 5.11 Å². The first-order valence-corrected chi connectivity index (χ1v) is 4.97. The second-order valence-electron chi connectivity index (χ2n) is 3.19. The zero-order chi connectivity index (χ0) is 13.5. The Morgan fingerprint density at radius 3 is 2.22 bits per heavy atom. The first-order valence-electron chi connectivity index (χ1n) is 4.97. The molecule has 1 N–H and O–H groups in total. The highest BCUT2D eigenvalue weighted by atomic mass is 16.5. The second kappa shape index (κ2) is 6.45. The van der Waals surface area contributed by atoms with Gasteiger partial charge in [-0.3, -0.25) is 0 Å². The number of aromatic nitrogens is 6. The first-order chi connectivity index (χ1) is 8.56. The van der Waals surface area contributed by atoms with Gasteiger partial charge in [-0.2, -0.15) is 24.9 Å². The molecule has 0 spiro atoms. The Balaban J connectivity index is 0.000000184. The maximum Gasteiger partial charge on any atom is 0.360 e. The highest BCUT2D eigenvalue weighted by Gasteiger charge is 2.07. The Kier molecular flexibility index (Phi) is 4.93. The Bertz CT molecular complexity index is 506. The molecule has 0 radical (unpaired) electrons. The summed E-state index contributed by atoms with van der Waals surface area (Å²) in [4.78, 5) is 13.4. The fraction of sp³-hybridized carbons (Fsp3) is 0.444. The van der Waals surface area contributed by atoms with Gasteiger partial charge in [-0.05, 0) is 0 Å². The number of hydrogen-bond acceptors (Lipinski definition) is 7. The minimum Gasteiger partial charge on any atom is -0.464 e. The summed E-state index contributed by atoms with van der Waals surface area (Å²) in [5.41, 5.74) is 0.831. The third-order valence-corrected chi connectivity index (χ3v) is 1.80. The molecule has 2 aromatic rings. The number of carbonyl (C=O) groups is 1. The lowest BCUT2D eigenvalue weighted by Crippen LogP contribution is -2.02. The van der Waals surface area contributed by atoms with Crippen LogP contribution in [0.1, 0.15) is 16.2 Å². The summed E-state index contributed by atoms with van der Waals surface area (Å²) >= 11 is 0. The normalized spacial score (nSPS) is 9.56. The van der Waals surface area contributed by atoms with E-state index in [1.807, 2.05) is 0 Å². The molecule has 18 heavy (non-hydrogen) atoms. The van der Waals surface area contributed by atoms with Gasteiger partial charge in [-0.15, -0.1) is 5.10 Å². The maximum absolute atomic E-state index is 10.7. The molecule has 0 atom stereocenters. The number of esters is 1. The molecule has 9 heteroatoms. The molecular formula is C9H14N6O3. The molecule has 2 rings (SSSR count). The highest BCUT2D eigenvalue weighted by molar-refractivity contribution is 5.86. The fourth-order valence-corrected chi connectivity index (χ4v) is 1.00. The van der Waals surface area contributed by atoms with Crippen LogP contribution in [-0.4, -0.2) is 48.2 Å². The summed E-state index contributed by atoms with van der Waals surface area (Å²) in [5.74, 6) is -0.465. The molecule has 0 aliphatic rings. The van der Waals surface area contributed by atoms with Gasteiger partial charge in [0.1, 0.15) is 5.69 Å². The van der Waals surface area contributed by atoms with Gasteiger partial charge < -0.3 is 9.84 Å². The summed E-state index contributed by atoms with van der Waals surface area (Å²) in [6.07, 6.45) is 2.88. The van der Waals surface area contributed by atoms with Gasteiger partial charge in [0, 0.05) is 14.1 Å². The Morgan fingerprint density at radius 1 is 1.28 bits per heavy atom. The number of ether oxygens (including phenoxy) is 1. The number of aliphatic hydroxyl groups excluding tert-OH is 1. The Hall–Kier alpha value is -2.29. The van der Waals surface area contributed by atoms with Crippen molar-refractivity contribution in [2.24, 2.45) is 14.1 Å². The van der Waals surface area contributed by atoms with Gasteiger partial charge in [0.15, 0.2) is 5.69 Å². The van der Waals surface area contributed by atoms with Crippen molar-refractivity contribution in [3.05, 3.63) is 23.8 Å². The molecule has 2 aromatic heterocycles. The molecule has 0 bridgehead atoms.